The summed E-state index contributed by atoms with van der Waals surface area (Å²) in [6.07, 6.45) is 1.13. The molecule has 122 valence electrons. The molecule has 22 heavy (non-hydrogen) atoms. The molecular weight excluding hydrogens is 284 g/mol. The molecule has 0 spiro atoms. The van der Waals surface area contributed by atoms with Gasteiger partial charge in [-0.05, 0) is 32.1 Å². The number of ether oxygens (including phenoxy) is 1. The first kappa shape index (κ1) is 16.5. The summed E-state index contributed by atoms with van der Waals surface area (Å²) in [6, 6.07) is -0.429. The molecule has 3 amide bonds. The molecule has 0 aromatic rings. The fourth-order valence-electron chi connectivity index (χ4n) is 3.00. The molecule has 6 nitrogen and oxygen atoms in total. The molecule has 1 heterocycles. The average molecular weight is 308 g/mol. The lowest BCUT2D eigenvalue weighted by molar-refractivity contribution is -0.159. The average Bonchev–Trinajstić information content (AvgIpc) is 2.74. The predicted molar refractivity (Wildman–Crippen MR) is 80.9 cm³/mol. The lowest BCUT2D eigenvalue weighted by Crippen LogP contribution is -2.42. The number of hydrogen-bond acceptors (Lipinski definition) is 4. The van der Waals surface area contributed by atoms with E-state index in [0.717, 1.165) is 10.5 Å². The van der Waals surface area contributed by atoms with Gasteiger partial charge in [0.15, 0.2) is 6.10 Å². The van der Waals surface area contributed by atoms with Gasteiger partial charge in [0.2, 0.25) is 0 Å². The summed E-state index contributed by atoms with van der Waals surface area (Å²) >= 11 is 0. The zero-order valence-corrected chi connectivity index (χ0v) is 13.8. The SMILES string of the molecule is CC(C)=CC1C(C(=O)OC(C)C(=O)N2CCNC2=O)C1(C)C. The van der Waals surface area contributed by atoms with Gasteiger partial charge < -0.3 is 10.1 Å². The van der Waals surface area contributed by atoms with Crippen molar-refractivity contribution in [3.63, 3.8) is 0 Å². The van der Waals surface area contributed by atoms with Crippen LogP contribution in [0.2, 0.25) is 0 Å². The van der Waals surface area contributed by atoms with E-state index in [4.69, 9.17) is 4.74 Å². The largest absolute Gasteiger partial charge is 0.452 e. The fraction of sp³-hybridized carbons (Fsp3) is 0.688. The highest BCUT2D eigenvalue weighted by Gasteiger charge is 2.61. The molecule has 2 rings (SSSR count). The van der Waals surface area contributed by atoms with Crippen molar-refractivity contribution >= 4 is 17.9 Å². The van der Waals surface area contributed by atoms with Crippen LogP contribution in [0, 0.1) is 17.3 Å². The van der Waals surface area contributed by atoms with Crippen LogP contribution in [-0.4, -0.2) is 42.0 Å². The Morgan fingerprint density at radius 2 is 2.05 bits per heavy atom. The molecule has 1 saturated carbocycles. The molecule has 3 atom stereocenters. The smallest absolute Gasteiger partial charge is 0.324 e. The molecule has 2 fully saturated rings. The molecule has 0 radical (unpaired) electrons. The lowest BCUT2D eigenvalue weighted by atomic mass is 10.1. The van der Waals surface area contributed by atoms with E-state index in [0.29, 0.717) is 13.1 Å². The first-order valence-corrected chi connectivity index (χ1v) is 7.61. The minimum Gasteiger partial charge on any atom is -0.452 e. The summed E-state index contributed by atoms with van der Waals surface area (Å²) in [5.41, 5.74) is 1.01. The second kappa shape index (κ2) is 5.74. The van der Waals surface area contributed by atoms with Crippen LogP contribution >= 0.6 is 0 Å². The topological polar surface area (TPSA) is 75.7 Å². The number of carbonyl (C=O) groups excluding carboxylic acids is 3. The van der Waals surface area contributed by atoms with Gasteiger partial charge in [0.25, 0.3) is 5.91 Å². The van der Waals surface area contributed by atoms with Crippen LogP contribution in [0.1, 0.15) is 34.6 Å². The third-order valence-corrected chi connectivity index (χ3v) is 4.44. The molecular formula is C16H24N2O4. The minimum atomic E-state index is -0.944. The molecule has 1 aliphatic carbocycles. The van der Waals surface area contributed by atoms with Gasteiger partial charge in [-0.1, -0.05) is 25.5 Å². The lowest BCUT2D eigenvalue weighted by Gasteiger charge is -2.18. The van der Waals surface area contributed by atoms with E-state index in [9.17, 15) is 14.4 Å². The van der Waals surface area contributed by atoms with E-state index in [1.165, 1.54) is 6.92 Å². The second-order valence-corrected chi connectivity index (χ2v) is 6.87. The van der Waals surface area contributed by atoms with Crippen molar-refractivity contribution in [1.82, 2.24) is 10.2 Å². The quantitative estimate of drug-likeness (QED) is 0.633. The minimum absolute atomic E-state index is 0.141. The van der Waals surface area contributed by atoms with Gasteiger partial charge in [0.05, 0.1) is 5.92 Å². The molecule has 1 saturated heterocycles. The maximum absolute atomic E-state index is 12.3. The summed E-state index contributed by atoms with van der Waals surface area (Å²) in [7, 11) is 0. The number of nitrogens with one attached hydrogen (secondary N) is 1. The Balaban J connectivity index is 1.96. The fourth-order valence-corrected chi connectivity index (χ4v) is 3.00. The maximum Gasteiger partial charge on any atom is 0.324 e. The van der Waals surface area contributed by atoms with Crippen LogP contribution in [0.5, 0.6) is 0 Å². The van der Waals surface area contributed by atoms with Crippen LogP contribution in [-0.2, 0) is 14.3 Å². The van der Waals surface area contributed by atoms with Gasteiger partial charge in [-0.2, -0.15) is 0 Å². The molecule has 0 aromatic carbocycles. The van der Waals surface area contributed by atoms with Crippen LogP contribution in [0.15, 0.2) is 11.6 Å². The monoisotopic (exact) mass is 308 g/mol. The Labute approximate surface area is 130 Å². The second-order valence-electron chi connectivity index (χ2n) is 6.87. The Morgan fingerprint density at radius 3 is 2.55 bits per heavy atom. The van der Waals surface area contributed by atoms with Gasteiger partial charge in [0.1, 0.15) is 0 Å². The summed E-state index contributed by atoms with van der Waals surface area (Å²) in [5, 5.41) is 2.55. The van der Waals surface area contributed by atoms with Crippen LogP contribution < -0.4 is 5.32 Å². The molecule has 1 aliphatic heterocycles. The van der Waals surface area contributed by atoms with Gasteiger partial charge in [-0.25, -0.2) is 4.79 Å². The number of amides is 3. The van der Waals surface area contributed by atoms with Crippen molar-refractivity contribution in [2.45, 2.75) is 40.7 Å². The van der Waals surface area contributed by atoms with Gasteiger partial charge >= 0.3 is 12.0 Å². The normalized spacial score (nSPS) is 27.0. The highest BCUT2D eigenvalue weighted by molar-refractivity contribution is 5.98. The summed E-state index contributed by atoms with van der Waals surface area (Å²) < 4.78 is 5.30. The maximum atomic E-state index is 12.3. The molecule has 1 N–H and O–H groups in total. The van der Waals surface area contributed by atoms with E-state index in [2.05, 4.69) is 11.4 Å². The Hall–Kier alpha value is -1.85. The first-order valence-electron chi connectivity index (χ1n) is 7.61. The first-order chi connectivity index (χ1) is 10.2. The number of allylic oxidation sites excluding steroid dienone is 2. The number of nitrogens with zero attached hydrogens (tertiary/aromatic N) is 1. The zero-order valence-electron chi connectivity index (χ0n) is 13.8. The van der Waals surface area contributed by atoms with E-state index in [1.54, 1.807) is 0 Å². The van der Waals surface area contributed by atoms with Crippen molar-refractivity contribution in [3.8, 4) is 0 Å². The van der Waals surface area contributed by atoms with Crippen LogP contribution in [0.4, 0.5) is 4.79 Å². The number of hydrogen-bond donors (Lipinski definition) is 1. The van der Waals surface area contributed by atoms with E-state index < -0.39 is 18.0 Å². The summed E-state index contributed by atoms with van der Waals surface area (Å²) in [6.45, 7) is 10.3. The summed E-state index contributed by atoms with van der Waals surface area (Å²) in [5.74, 6) is -0.930. The third kappa shape index (κ3) is 3.00. The summed E-state index contributed by atoms with van der Waals surface area (Å²) in [4.78, 5) is 37.0. The highest BCUT2D eigenvalue weighted by Crippen LogP contribution is 2.59. The van der Waals surface area contributed by atoms with Crippen molar-refractivity contribution < 1.29 is 19.1 Å². The Bertz CT molecular complexity index is 534. The van der Waals surface area contributed by atoms with Gasteiger partial charge in [-0.3, -0.25) is 14.5 Å². The Morgan fingerprint density at radius 1 is 1.41 bits per heavy atom. The zero-order chi connectivity index (χ0) is 16.7. The number of esters is 1. The molecule has 6 heteroatoms. The van der Waals surface area contributed by atoms with Crippen molar-refractivity contribution in [3.05, 3.63) is 11.6 Å². The number of imide groups is 1. The van der Waals surface area contributed by atoms with Gasteiger partial charge in [0, 0.05) is 13.1 Å². The van der Waals surface area contributed by atoms with Crippen molar-refractivity contribution in [2.24, 2.45) is 17.3 Å². The van der Waals surface area contributed by atoms with Crippen LogP contribution in [0.25, 0.3) is 0 Å². The molecule has 2 aliphatic rings. The number of urea groups is 1. The van der Waals surface area contributed by atoms with Crippen LogP contribution in [0.3, 0.4) is 0 Å². The van der Waals surface area contributed by atoms with Gasteiger partial charge in [-0.15, -0.1) is 0 Å². The van der Waals surface area contributed by atoms with E-state index in [-0.39, 0.29) is 23.2 Å². The highest BCUT2D eigenvalue weighted by atomic mass is 16.5. The standard InChI is InChI=1S/C16H24N2O4/c1-9(2)8-11-12(16(11,4)5)14(20)22-10(3)13(19)18-7-6-17-15(18)21/h8,10-12H,6-7H2,1-5H3,(H,17,21). The van der Waals surface area contributed by atoms with E-state index in [1.807, 2.05) is 27.7 Å². The molecule has 3 unspecified atom stereocenters. The van der Waals surface area contributed by atoms with Crippen molar-refractivity contribution in [2.75, 3.05) is 13.1 Å². The Kier molecular flexibility index (Phi) is 4.31. The predicted octanol–water partition coefficient (Wildman–Crippen LogP) is 1.71. The number of rotatable bonds is 4. The molecule has 0 aromatic heterocycles. The molecule has 0 bridgehead atoms. The van der Waals surface area contributed by atoms with Crippen molar-refractivity contribution in [1.29, 1.82) is 0 Å². The number of carbonyl (C=O) groups is 3. The third-order valence-electron chi connectivity index (χ3n) is 4.44. The van der Waals surface area contributed by atoms with E-state index >= 15 is 0 Å².